The molecule has 318 valence electrons. The Bertz CT molecular complexity index is 2320. The topological polar surface area (TPSA) is 170 Å². The second kappa shape index (κ2) is 17.3. The van der Waals surface area contributed by atoms with Crippen molar-refractivity contribution in [3.63, 3.8) is 0 Å². The van der Waals surface area contributed by atoms with Gasteiger partial charge >= 0.3 is 0 Å². The molecule has 12 nitrogen and oxygen atoms in total. The number of hydrogen-bond donors (Lipinski definition) is 8. The lowest BCUT2D eigenvalue weighted by molar-refractivity contribution is -0.131. The summed E-state index contributed by atoms with van der Waals surface area (Å²) in [6.45, 7) is 3.25. The van der Waals surface area contributed by atoms with Crippen LogP contribution in [0.25, 0.3) is 22.0 Å². The van der Waals surface area contributed by atoms with E-state index >= 15 is 0 Å². The molecule has 4 aromatic carbocycles. The van der Waals surface area contributed by atoms with Crippen molar-refractivity contribution < 1.29 is 39.4 Å². The van der Waals surface area contributed by atoms with Gasteiger partial charge in [-0.2, -0.15) is 0 Å². The second-order valence-electron chi connectivity index (χ2n) is 17.3. The van der Waals surface area contributed by atoms with Gasteiger partial charge in [-0.1, -0.05) is 31.0 Å². The number of phenolic OH excluding ortho intramolecular Hbond substituents is 2. The summed E-state index contributed by atoms with van der Waals surface area (Å²) in [7, 11) is 1.54. The van der Waals surface area contributed by atoms with Crippen LogP contribution in [0.2, 0.25) is 0 Å². The summed E-state index contributed by atoms with van der Waals surface area (Å²) in [6.07, 6.45) is 8.27. The molecular formula is C48H58N4O8. The molecule has 2 aliphatic carbocycles. The highest BCUT2D eigenvalue weighted by atomic mass is 16.6. The molecule has 5 aromatic rings. The third kappa shape index (κ3) is 7.92. The van der Waals surface area contributed by atoms with E-state index in [1.165, 1.54) is 18.4 Å². The molecule has 0 radical (unpaired) electrons. The van der Waals surface area contributed by atoms with Crippen LogP contribution in [-0.2, 0) is 30.4 Å². The summed E-state index contributed by atoms with van der Waals surface area (Å²) in [5, 5.41) is 53.9. The molecule has 2 aliphatic heterocycles. The number of H-pyrrole nitrogens is 1. The first-order valence-electron chi connectivity index (χ1n) is 21.6. The van der Waals surface area contributed by atoms with Gasteiger partial charge in [0, 0.05) is 60.6 Å². The number of aromatic amines is 1. The Morgan fingerprint density at radius 3 is 2.62 bits per heavy atom. The average molecular weight is 819 g/mol. The number of benzene rings is 4. The van der Waals surface area contributed by atoms with Gasteiger partial charge in [-0.3, -0.25) is 5.32 Å². The van der Waals surface area contributed by atoms with Crippen molar-refractivity contribution >= 4 is 10.9 Å². The zero-order chi connectivity index (χ0) is 41.4. The second-order valence-corrected chi connectivity index (χ2v) is 17.3. The number of aromatic hydroxyl groups is 2. The molecule has 0 spiro atoms. The lowest BCUT2D eigenvalue weighted by atomic mass is 9.70. The molecule has 60 heavy (non-hydrogen) atoms. The van der Waals surface area contributed by atoms with E-state index in [-0.39, 0.29) is 30.1 Å². The normalized spacial score (nSPS) is 22.6. The summed E-state index contributed by atoms with van der Waals surface area (Å²) in [4.78, 5) is 3.31. The maximum Gasteiger partial charge on any atom is 0.160 e. The van der Waals surface area contributed by atoms with E-state index in [4.69, 9.17) is 18.9 Å². The van der Waals surface area contributed by atoms with Crippen LogP contribution in [0.5, 0.6) is 28.7 Å². The lowest BCUT2D eigenvalue weighted by Gasteiger charge is -2.47. The van der Waals surface area contributed by atoms with Gasteiger partial charge < -0.3 is 55.0 Å². The van der Waals surface area contributed by atoms with E-state index < -0.39 is 17.8 Å². The van der Waals surface area contributed by atoms with E-state index in [9.17, 15) is 20.4 Å². The van der Waals surface area contributed by atoms with E-state index in [1.54, 1.807) is 26.2 Å². The van der Waals surface area contributed by atoms with Crippen molar-refractivity contribution in [2.45, 2.75) is 101 Å². The molecule has 0 saturated heterocycles. The molecular weight excluding hydrogens is 761 g/mol. The minimum atomic E-state index is -0.956. The molecule has 1 fully saturated rings. The minimum Gasteiger partial charge on any atom is -0.508 e. The van der Waals surface area contributed by atoms with Crippen LogP contribution in [0.3, 0.4) is 0 Å². The van der Waals surface area contributed by atoms with Crippen LogP contribution in [0.15, 0.2) is 66.9 Å². The molecule has 4 aliphatic rings. The number of aliphatic hydroxyl groups is 2. The van der Waals surface area contributed by atoms with Gasteiger partial charge in [0.1, 0.15) is 29.0 Å². The van der Waals surface area contributed by atoms with Crippen molar-refractivity contribution in [1.82, 2.24) is 20.9 Å². The molecule has 0 bridgehead atoms. The Morgan fingerprint density at radius 2 is 1.80 bits per heavy atom. The van der Waals surface area contributed by atoms with Gasteiger partial charge in [0.25, 0.3) is 0 Å². The highest BCUT2D eigenvalue weighted by Crippen LogP contribution is 2.57. The number of hydrogen-bond acceptors (Lipinski definition) is 11. The summed E-state index contributed by atoms with van der Waals surface area (Å²) in [5.41, 5.74) is 8.36. The molecule has 1 aromatic heterocycles. The lowest BCUT2D eigenvalue weighted by Crippen LogP contribution is -2.56. The van der Waals surface area contributed by atoms with Crippen molar-refractivity contribution in [3.05, 3.63) is 100 Å². The van der Waals surface area contributed by atoms with E-state index in [2.05, 4.69) is 45.2 Å². The molecule has 8 N–H and O–H groups in total. The van der Waals surface area contributed by atoms with Crippen LogP contribution in [-0.4, -0.2) is 89.5 Å². The maximum absolute atomic E-state index is 11.0. The van der Waals surface area contributed by atoms with E-state index in [0.717, 1.165) is 80.6 Å². The highest BCUT2D eigenvalue weighted by Gasteiger charge is 2.50. The third-order valence-corrected chi connectivity index (χ3v) is 13.1. The number of aromatic nitrogens is 1. The average Bonchev–Trinajstić information content (AvgIpc) is 3.96. The minimum absolute atomic E-state index is 0.0246. The molecule has 0 unspecified atom stereocenters. The van der Waals surface area contributed by atoms with Gasteiger partial charge in [-0.05, 0) is 127 Å². The summed E-state index contributed by atoms with van der Waals surface area (Å²) >= 11 is 0. The van der Waals surface area contributed by atoms with Gasteiger partial charge in [0.05, 0.1) is 26.6 Å². The zero-order valence-corrected chi connectivity index (χ0v) is 34.6. The number of methoxy groups -OCH3 is 1. The van der Waals surface area contributed by atoms with Crippen molar-refractivity contribution in [3.8, 4) is 39.9 Å². The van der Waals surface area contributed by atoms with E-state index in [1.807, 2.05) is 30.5 Å². The first kappa shape index (κ1) is 40.6. The number of aliphatic hydroxyl groups excluding tert-OH is 2. The Labute approximate surface area is 351 Å². The van der Waals surface area contributed by atoms with Crippen LogP contribution < -0.4 is 30.2 Å². The Hall–Kier alpha value is -4.82. The van der Waals surface area contributed by atoms with Gasteiger partial charge in [0.15, 0.2) is 17.6 Å². The number of fused-ring (bicyclic) bond motifs is 9. The quantitative estimate of drug-likeness (QED) is 0.0444. The van der Waals surface area contributed by atoms with Crippen LogP contribution in [0, 0.1) is 0 Å². The van der Waals surface area contributed by atoms with Gasteiger partial charge in [-0.15, -0.1) is 0 Å². The third-order valence-electron chi connectivity index (χ3n) is 13.1. The van der Waals surface area contributed by atoms with Crippen molar-refractivity contribution in [2.75, 3.05) is 40.2 Å². The molecule has 0 amide bonds. The molecule has 1 saturated carbocycles. The number of ether oxygens (including phenoxy) is 4. The Morgan fingerprint density at radius 1 is 0.933 bits per heavy atom. The molecule has 3 heterocycles. The largest absolute Gasteiger partial charge is 0.508 e. The smallest absolute Gasteiger partial charge is 0.160 e. The molecule has 12 heteroatoms. The maximum atomic E-state index is 11.0. The van der Waals surface area contributed by atoms with Crippen molar-refractivity contribution in [2.24, 2.45) is 0 Å². The predicted octanol–water partition coefficient (Wildman–Crippen LogP) is 6.26. The predicted molar refractivity (Wildman–Crippen MR) is 230 cm³/mol. The van der Waals surface area contributed by atoms with Crippen LogP contribution >= 0.6 is 0 Å². The number of rotatable bonds is 15. The molecule has 9 rings (SSSR count). The fourth-order valence-corrected chi connectivity index (χ4v) is 10.1. The first-order chi connectivity index (χ1) is 29.2. The standard InChI is InChI=1S/C48H58N4O8/c1-28(54)23-49-26-50-25-48(58-27-52-33-5-3-4-6-33)22-40-39-19-32(18-29-7-13-41-30(17-29)15-16-51-41)38-21-34(55)9-11-36(38)44(39)46-37(12-10-35(24-53)59-46)45(40)60-47(48)31-8-14-42(56)43(20-31)57-2/h7-9,11,13-17,20-21,28,32-33,35,47,49-56H,3-6,10,12,18-19,22-27H2,1-2H3/t28-,32-,35+,47+,48-/m0/s1. The Kier molecular flexibility index (Phi) is 11.7. The van der Waals surface area contributed by atoms with Crippen LogP contribution in [0.4, 0.5) is 0 Å². The summed E-state index contributed by atoms with van der Waals surface area (Å²) in [5.74, 6) is 2.13. The zero-order valence-electron chi connectivity index (χ0n) is 34.6. The summed E-state index contributed by atoms with van der Waals surface area (Å²) in [6, 6.07) is 20.1. The summed E-state index contributed by atoms with van der Waals surface area (Å²) < 4.78 is 27.1. The fourth-order valence-electron chi connectivity index (χ4n) is 10.1. The molecule has 5 atom stereocenters. The Balaban J connectivity index is 1.20. The monoisotopic (exact) mass is 818 g/mol. The fraction of sp³-hybridized carbons (Fsp3) is 0.458. The van der Waals surface area contributed by atoms with Gasteiger partial charge in [0.2, 0.25) is 0 Å². The van der Waals surface area contributed by atoms with Crippen LogP contribution in [0.1, 0.15) is 84.4 Å². The highest BCUT2D eigenvalue weighted by molar-refractivity contribution is 5.85. The van der Waals surface area contributed by atoms with E-state index in [0.29, 0.717) is 64.0 Å². The van der Waals surface area contributed by atoms with Gasteiger partial charge in [-0.25, -0.2) is 0 Å². The van der Waals surface area contributed by atoms with Crippen molar-refractivity contribution in [1.29, 1.82) is 0 Å². The first-order valence-corrected chi connectivity index (χ1v) is 21.6. The number of nitrogens with one attached hydrogen (secondary N) is 4. The SMILES string of the molecule is COc1cc([C@H]2Oc3c(c4c(c5c3CC[C@H](CO)O5)-c3ccc(O)cc3[C@@H](Cc3ccc5[nH]ccc5c3)C4)C[C@@]2(CNCNC[C@H](C)O)OCNC2CCCC2)ccc1O. The number of phenols is 2.